The van der Waals surface area contributed by atoms with Crippen LogP contribution in [-0.4, -0.2) is 39.2 Å². The topological polar surface area (TPSA) is 186 Å². The summed E-state index contributed by atoms with van der Waals surface area (Å²) in [4.78, 5) is 37.9. The number of amides is 3. The standard InChI is InChI=1S/C17H22N6O5/c18-11(8-10-4-2-1-3-5-10)16-22-13(28-23-16)9-20-17(27)21-12(15(19)26)6-7-14(24)25/h1-5,11-12H,6-9,18H2,(H2,19,26)(H,24,25)(H2,20,21,27)/t11-,12-/m0/s1. The molecule has 0 saturated carbocycles. The van der Waals surface area contributed by atoms with Gasteiger partial charge in [-0.1, -0.05) is 35.5 Å². The second-order valence-corrected chi connectivity index (χ2v) is 6.06. The summed E-state index contributed by atoms with van der Waals surface area (Å²) in [6, 6.07) is 7.30. The summed E-state index contributed by atoms with van der Waals surface area (Å²) in [5, 5.41) is 17.2. The lowest BCUT2D eigenvalue weighted by Crippen LogP contribution is -2.48. The molecule has 11 heteroatoms. The maximum atomic E-state index is 11.9. The van der Waals surface area contributed by atoms with Crippen molar-refractivity contribution in [1.82, 2.24) is 20.8 Å². The van der Waals surface area contributed by atoms with Crippen molar-refractivity contribution in [2.24, 2.45) is 11.5 Å². The van der Waals surface area contributed by atoms with Gasteiger partial charge in [-0.3, -0.25) is 9.59 Å². The third-order valence-corrected chi connectivity index (χ3v) is 3.81. The Kier molecular flexibility index (Phi) is 7.45. The Morgan fingerprint density at radius 3 is 2.57 bits per heavy atom. The molecule has 0 spiro atoms. The fourth-order valence-electron chi connectivity index (χ4n) is 2.37. The van der Waals surface area contributed by atoms with Crippen LogP contribution in [-0.2, 0) is 22.6 Å². The van der Waals surface area contributed by atoms with Gasteiger partial charge in [0, 0.05) is 6.42 Å². The van der Waals surface area contributed by atoms with Crippen LogP contribution >= 0.6 is 0 Å². The van der Waals surface area contributed by atoms with Gasteiger partial charge in [0.05, 0.1) is 12.6 Å². The molecule has 2 rings (SSSR count). The van der Waals surface area contributed by atoms with Gasteiger partial charge in [0.2, 0.25) is 11.8 Å². The van der Waals surface area contributed by atoms with Crippen LogP contribution in [0.1, 0.15) is 36.2 Å². The number of rotatable bonds is 10. The molecule has 2 atom stereocenters. The number of nitrogens with two attached hydrogens (primary N) is 2. The first-order chi connectivity index (χ1) is 13.3. The predicted octanol–water partition coefficient (Wildman–Crippen LogP) is -0.170. The predicted molar refractivity (Wildman–Crippen MR) is 96.6 cm³/mol. The number of nitrogens with zero attached hydrogens (tertiary/aromatic N) is 2. The number of primary amides is 1. The molecule has 1 aromatic heterocycles. The van der Waals surface area contributed by atoms with E-state index in [0.29, 0.717) is 12.2 Å². The zero-order valence-corrected chi connectivity index (χ0v) is 15.0. The third kappa shape index (κ3) is 6.68. The fourth-order valence-corrected chi connectivity index (χ4v) is 2.37. The van der Waals surface area contributed by atoms with Gasteiger partial charge in [-0.05, 0) is 18.4 Å². The van der Waals surface area contributed by atoms with Gasteiger partial charge in [0.25, 0.3) is 0 Å². The van der Waals surface area contributed by atoms with E-state index in [1.165, 1.54) is 0 Å². The van der Waals surface area contributed by atoms with E-state index in [1.807, 2.05) is 30.3 Å². The summed E-state index contributed by atoms with van der Waals surface area (Å²) >= 11 is 0. The molecule has 0 bridgehead atoms. The molecule has 2 aromatic rings. The monoisotopic (exact) mass is 390 g/mol. The number of carbonyl (C=O) groups excluding carboxylic acids is 2. The lowest BCUT2D eigenvalue weighted by molar-refractivity contribution is -0.137. The molecule has 1 heterocycles. The van der Waals surface area contributed by atoms with Gasteiger partial charge >= 0.3 is 12.0 Å². The molecule has 7 N–H and O–H groups in total. The number of nitrogens with one attached hydrogen (secondary N) is 2. The molecule has 0 saturated heterocycles. The van der Waals surface area contributed by atoms with Crippen LogP contribution in [0, 0.1) is 0 Å². The van der Waals surface area contributed by atoms with Crippen molar-refractivity contribution in [3.8, 4) is 0 Å². The first-order valence-corrected chi connectivity index (χ1v) is 8.52. The Morgan fingerprint density at radius 2 is 1.93 bits per heavy atom. The van der Waals surface area contributed by atoms with Gasteiger partial charge in [0.15, 0.2) is 5.82 Å². The average molecular weight is 390 g/mol. The molecule has 0 unspecified atom stereocenters. The van der Waals surface area contributed by atoms with E-state index in [4.69, 9.17) is 21.1 Å². The summed E-state index contributed by atoms with van der Waals surface area (Å²) in [6.45, 7) is -0.0959. The van der Waals surface area contributed by atoms with Crippen LogP contribution in [0.15, 0.2) is 34.9 Å². The molecule has 0 aliphatic rings. The molecule has 3 amide bonds. The van der Waals surface area contributed by atoms with Crippen molar-refractivity contribution in [1.29, 1.82) is 0 Å². The van der Waals surface area contributed by atoms with Crippen LogP contribution in [0.4, 0.5) is 4.79 Å². The Hall–Kier alpha value is -3.47. The summed E-state index contributed by atoms with van der Waals surface area (Å²) in [5.41, 5.74) is 12.2. The number of carboxylic acid groups (broad SMARTS) is 1. The van der Waals surface area contributed by atoms with Gasteiger partial charge in [-0.15, -0.1) is 0 Å². The normalized spacial score (nSPS) is 12.8. The summed E-state index contributed by atoms with van der Waals surface area (Å²) in [7, 11) is 0. The number of carbonyl (C=O) groups is 3. The average Bonchev–Trinajstić information content (AvgIpc) is 3.13. The van der Waals surface area contributed by atoms with Gasteiger partial charge in [-0.2, -0.15) is 4.98 Å². The van der Waals surface area contributed by atoms with E-state index in [1.54, 1.807) is 0 Å². The molecule has 1 aromatic carbocycles. The Balaban J connectivity index is 1.83. The van der Waals surface area contributed by atoms with Crippen LogP contribution in [0.5, 0.6) is 0 Å². The molecule has 150 valence electrons. The molecular weight excluding hydrogens is 368 g/mol. The number of carboxylic acids is 1. The van der Waals surface area contributed by atoms with E-state index in [-0.39, 0.29) is 25.3 Å². The van der Waals surface area contributed by atoms with E-state index in [2.05, 4.69) is 20.8 Å². The first kappa shape index (κ1) is 20.8. The van der Waals surface area contributed by atoms with Gasteiger partial charge in [-0.25, -0.2) is 4.79 Å². The van der Waals surface area contributed by atoms with Crippen molar-refractivity contribution in [2.75, 3.05) is 0 Å². The van der Waals surface area contributed by atoms with Crippen LogP contribution < -0.4 is 22.1 Å². The van der Waals surface area contributed by atoms with E-state index < -0.39 is 30.0 Å². The minimum atomic E-state index is -1.10. The smallest absolute Gasteiger partial charge is 0.315 e. The van der Waals surface area contributed by atoms with Crippen molar-refractivity contribution in [2.45, 2.75) is 37.9 Å². The van der Waals surface area contributed by atoms with Crippen LogP contribution in [0.3, 0.4) is 0 Å². The van der Waals surface area contributed by atoms with Crippen molar-refractivity contribution in [3.63, 3.8) is 0 Å². The number of hydrogen-bond acceptors (Lipinski definition) is 7. The molecule has 11 nitrogen and oxygen atoms in total. The minimum Gasteiger partial charge on any atom is -0.481 e. The zero-order valence-electron chi connectivity index (χ0n) is 15.0. The SMILES string of the molecule is NC(=O)[C@H](CCC(=O)O)NC(=O)NCc1nc([C@@H](N)Cc2ccccc2)no1. The summed E-state index contributed by atoms with van der Waals surface area (Å²) < 4.78 is 5.05. The Morgan fingerprint density at radius 1 is 1.21 bits per heavy atom. The van der Waals surface area contributed by atoms with Crippen molar-refractivity contribution < 1.29 is 24.0 Å². The van der Waals surface area contributed by atoms with Crippen LogP contribution in [0.25, 0.3) is 0 Å². The Labute approximate surface area is 160 Å². The highest BCUT2D eigenvalue weighted by atomic mass is 16.5. The highest BCUT2D eigenvalue weighted by Crippen LogP contribution is 2.13. The molecule has 0 aliphatic carbocycles. The second-order valence-electron chi connectivity index (χ2n) is 6.06. The third-order valence-electron chi connectivity index (χ3n) is 3.81. The summed E-state index contributed by atoms with van der Waals surface area (Å²) in [5.74, 6) is -1.49. The maximum Gasteiger partial charge on any atom is 0.315 e. The number of benzene rings is 1. The lowest BCUT2D eigenvalue weighted by Gasteiger charge is -2.14. The Bertz CT molecular complexity index is 809. The lowest BCUT2D eigenvalue weighted by atomic mass is 10.1. The minimum absolute atomic E-state index is 0.0959. The summed E-state index contributed by atoms with van der Waals surface area (Å²) in [6.07, 6.45) is 0.106. The van der Waals surface area contributed by atoms with E-state index in [9.17, 15) is 14.4 Å². The number of urea groups is 1. The zero-order chi connectivity index (χ0) is 20.5. The highest BCUT2D eigenvalue weighted by molar-refractivity contribution is 5.86. The van der Waals surface area contributed by atoms with Crippen LogP contribution in [0.2, 0.25) is 0 Å². The first-order valence-electron chi connectivity index (χ1n) is 8.52. The largest absolute Gasteiger partial charge is 0.481 e. The van der Waals surface area contributed by atoms with Gasteiger partial charge < -0.3 is 31.7 Å². The molecule has 0 radical (unpaired) electrons. The maximum absolute atomic E-state index is 11.9. The number of aromatic nitrogens is 2. The number of hydrogen-bond donors (Lipinski definition) is 5. The van der Waals surface area contributed by atoms with Crippen molar-refractivity contribution in [3.05, 3.63) is 47.6 Å². The quantitative estimate of drug-likeness (QED) is 0.370. The molecular formula is C17H22N6O5. The molecule has 28 heavy (non-hydrogen) atoms. The van der Waals surface area contributed by atoms with E-state index >= 15 is 0 Å². The van der Waals surface area contributed by atoms with Crippen molar-refractivity contribution >= 4 is 17.9 Å². The number of aliphatic carboxylic acids is 1. The molecule has 0 aliphatic heterocycles. The molecule has 0 fully saturated rings. The fraction of sp³-hybridized carbons (Fsp3) is 0.353. The van der Waals surface area contributed by atoms with E-state index in [0.717, 1.165) is 5.56 Å². The van der Waals surface area contributed by atoms with Gasteiger partial charge in [0.1, 0.15) is 6.04 Å². The highest BCUT2D eigenvalue weighted by Gasteiger charge is 2.20. The second kappa shape index (κ2) is 10.0.